The van der Waals surface area contributed by atoms with Gasteiger partial charge in [-0.1, -0.05) is 54.3 Å². The number of fused-ring (bicyclic) bond motifs is 1. The first kappa shape index (κ1) is 18.7. The quantitative estimate of drug-likeness (QED) is 0.454. The smallest absolute Gasteiger partial charge is 0.266 e. The van der Waals surface area contributed by atoms with E-state index in [2.05, 4.69) is 4.98 Å². The summed E-state index contributed by atoms with van der Waals surface area (Å²) in [4.78, 5) is 19.6. The molecule has 0 aliphatic carbocycles. The summed E-state index contributed by atoms with van der Waals surface area (Å²) in [5, 5.41) is 1.02. The number of amides is 1. The van der Waals surface area contributed by atoms with Gasteiger partial charge < -0.3 is 4.74 Å². The summed E-state index contributed by atoms with van der Waals surface area (Å²) in [6, 6.07) is 17.7. The summed E-state index contributed by atoms with van der Waals surface area (Å²) in [6.45, 7) is 0.561. The number of carbonyl (C=O) groups excluding carboxylic acids is 1. The van der Waals surface area contributed by atoms with Crippen molar-refractivity contribution >= 4 is 51.2 Å². The van der Waals surface area contributed by atoms with E-state index in [-0.39, 0.29) is 5.91 Å². The van der Waals surface area contributed by atoms with Crippen molar-refractivity contribution in [1.29, 1.82) is 0 Å². The van der Waals surface area contributed by atoms with E-state index in [1.54, 1.807) is 18.2 Å². The van der Waals surface area contributed by atoms with Gasteiger partial charge in [-0.25, -0.2) is 0 Å². The Morgan fingerprint density at radius 3 is 2.71 bits per heavy atom. The lowest BCUT2D eigenvalue weighted by Gasteiger charge is -2.14. The van der Waals surface area contributed by atoms with Crippen molar-refractivity contribution in [3.8, 4) is 5.75 Å². The van der Waals surface area contributed by atoms with E-state index in [4.69, 9.17) is 17.0 Å². The van der Waals surface area contributed by atoms with Gasteiger partial charge in [0.25, 0.3) is 5.91 Å². The van der Waals surface area contributed by atoms with Crippen LogP contribution in [0.1, 0.15) is 11.1 Å². The fraction of sp³-hybridized carbons (Fsp3) is 0.136. The number of rotatable bonds is 5. The molecule has 1 saturated heterocycles. The summed E-state index contributed by atoms with van der Waals surface area (Å²) in [6.07, 6.45) is 4.41. The van der Waals surface area contributed by atoms with Crippen LogP contribution in [0.3, 0.4) is 0 Å². The monoisotopic (exact) mass is 406 g/mol. The van der Waals surface area contributed by atoms with E-state index in [9.17, 15) is 4.79 Å². The number of thioether (sulfide) groups is 1. The summed E-state index contributed by atoms with van der Waals surface area (Å²) in [5.41, 5.74) is 3.02. The van der Waals surface area contributed by atoms with Crippen LogP contribution in [0.4, 0.5) is 0 Å². The van der Waals surface area contributed by atoms with Gasteiger partial charge >= 0.3 is 0 Å². The highest BCUT2D eigenvalue weighted by molar-refractivity contribution is 8.26. The zero-order valence-electron chi connectivity index (χ0n) is 15.3. The molecule has 0 saturated carbocycles. The third-order valence-corrected chi connectivity index (χ3v) is 6.00. The molecule has 0 spiro atoms. The molecule has 28 heavy (non-hydrogen) atoms. The third kappa shape index (κ3) is 3.79. The first-order valence-corrected chi connectivity index (χ1v) is 10.1. The Labute approximate surface area is 173 Å². The molecular formula is C22H18N2O2S2. The number of carbonyl (C=O) groups is 1. The second-order valence-corrected chi connectivity index (χ2v) is 8.02. The molecule has 0 N–H and O–H groups in total. The van der Waals surface area contributed by atoms with Crippen molar-refractivity contribution in [2.75, 3.05) is 13.7 Å². The van der Waals surface area contributed by atoms with Crippen LogP contribution in [-0.2, 0) is 11.2 Å². The predicted molar refractivity (Wildman–Crippen MR) is 118 cm³/mol. The number of ether oxygens (including phenoxy) is 1. The molecule has 1 aliphatic heterocycles. The fourth-order valence-electron chi connectivity index (χ4n) is 3.11. The summed E-state index contributed by atoms with van der Waals surface area (Å²) in [7, 11) is 1.65. The molecule has 0 bridgehead atoms. The molecule has 1 amide bonds. The van der Waals surface area contributed by atoms with Crippen LogP contribution in [0.15, 0.2) is 65.7 Å². The number of aromatic nitrogens is 1. The van der Waals surface area contributed by atoms with Crippen molar-refractivity contribution in [3.63, 3.8) is 0 Å². The SMILES string of the molecule is COc1ccc(CCN2C(=O)C(=Cc3ccnc4ccccc34)SC2=S)cc1. The van der Waals surface area contributed by atoms with Gasteiger partial charge in [0.15, 0.2) is 0 Å². The Morgan fingerprint density at radius 2 is 1.93 bits per heavy atom. The minimum Gasteiger partial charge on any atom is -0.497 e. The average Bonchev–Trinajstić information content (AvgIpc) is 3.00. The lowest BCUT2D eigenvalue weighted by Crippen LogP contribution is -2.30. The molecule has 140 valence electrons. The molecule has 6 heteroatoms. The number of hydrogen-bond donors (Lipinski definition) is 0. The molecule has 0 unspecified atom stereocenters. The van der Waals surface area contributed by atoms with Gasteiger partial charge in [-0.15, -0.1) is 0 Å². The Hall–Kier alpha value is -2.70. The topological polar surface area (TPSA) is 42.4 Å². The Bertz CT molecular complexity index is 1070. The van der Waals surface area contributed by atoms with Crippen LogP contribution in [0.5, 0.6) is 5.75 Å². The van der Waals surface area contributed by atoms with Crippen LogP contribution < -0.4 is 4.74 Å². The molecule has 0 radical (unpaired) electrons. The van der Waals surface area contributed by atoms with Gasteiger partial charge in [0.1, 0.15) is 10.1 Å². The van der Waals surface area contributed by atoms with Crippen molar-refractivity contribution in [1.82, 2.24) is 9.88 Å². The maximum Gasteiger partial charge on any atom is 0.266 e. The maximum absolute atomic E-state index is 12.9. The Kier molecular flexibility index (Phi) is 5.41. The molecule has 1 fully saturated rings. The van der Waals surface area contributed by atoms with Crippen LogP contribution in [0, 0.1) is 0 Å². The summed E-state index contributed by atoms with van der Waals surface area (Å²) in [5.74, 6) is 0.784. The zero-order chi connectivity index (χ0) is 19.5. The van der Waals surface area contributed by atoms with Gasteiger partial charge in [0.05, 0.1) is 17.5 Å². The van der Waals surface area contributed by atoms with Gasteiger partial charge in [-0.2, -0.15) is 0 Å². The van der Waals surface area contributed by atoms with Gasteiger partial charge in [0.2, 0.25) is 0 Å². The Balaban J connectivity index is 1.52. The number of benzene rings is 2. The highest BCUT2D eigenvalue weighted by Gasteiger charge is 2.31. The van der Waals surface area contributed by atoms with Crippen LogP contribution in [0.25, 0.3) is 17.0 Å². The first-order valence-electron chi connectivity index (χ1n) is 8.88. The molecule has 3 aromatic rings. The van der Waals surface area contributed by atoms with E-state index in [0.717, 1.165) is 34.2 Å². The number of methoxy groups -OCH3 is 1. The average molecular weight is 407 g/mol. The zero-order valence-corrected chi connectivity index (χ0v) is 16.9. The molecule has 4 rings (SSSR count). The summed E-state index contributed by atoms with van der Waals surface area (Å²) >= 11 is 6.81. The molecule has 1 aliphatic rings. The highest BCUT2D eigenvalue weighted by atomic mass is 32.2. The molecule has 0 atom stereocenters. The van der Waals surface area contributed by atoms with Gasteiger partial charge in [-0.05, 0) is 47.9 Å². The summed E-state index contributed by atoms with van der Waals surface area (Å²) < 4.78 is 5.78. The van der Waals surface area contributed by atoms with Crippen molar-refractivity contribution in [2.24, 2.45) is 0 Å². The van der Waals surface area contributed by atoms with Crippen LogP contribution in [-0.4, -0.2) is 33.8 Å². The molecule has 4 nitrogen and oxygen atoms in total. The van der Waals surface area contributed by atoms with E-state index >= 15 is 0 Å². The van der Waals surface area contributed by atoms with Crippen molar-refractivity contribution in [2.45, 2.75) is 6.42 Å². The molecular weight excluding hydrogens is 388 g/mol. The predicted octanol–water partition coefficient (Wildman–Crippen LogP) is 4.69. The third-order valence-electron chi connectivity index (χ3n) is 4.63. The number of para-hydroxylation sites is 1. The lowest BCUT2D eigenvalue weighted by molar-refractivity contribution is -0.122. The van der Waals surface area contributed by atoms with Gasteiger partial charge in [-0.3, -0.25) is 14.7 Å². The second kappa shape index (κ2) is 8.12. The standard InChI is InChI=1S/C22H18N2O2S2/c1-26-17-8-6-15(7-9-17)11-13-24-21(25)20(28-22(24)27)14-16-10-12-23-19-5-3-2-4-18(16)19/h2-10,12,14H,11,13H2,1H3. The first-order chi connectivity index (χ1) is 13.7. The van der Waals surface area contributed by atoms with Crippen LogP contribution >= 0.6 is 24.0 Å². The lowest BCUT2D eigenvalue weighted by atomic mass is 10.1. The molecule has 1 aromatic heterocycles. The minimum absolute atomic E-state index is 0.0376. The van der Waals surface area contributed by atoms with E-state index in [0.29, 0.717) is 15.8 Å². The van der Waals surface area contributed by atoms with Crippen LogP contribution in [0.2, 0.25) is 0 Å². The largest absolute Gasteiger partial charge is 0.497 e. The van der Waals surface area contributed by atoms with Gasteiger partial charge in [0, 0.05) is 18.1 Å². The Morgan fingerprint density at radius 1 is 1.14 bits per heavy atom. The molecule has 2 aromatic carbocycles. The minimum atomic E-state index is -0.0376. The molecule has 2 heterocycles. The van der Waals surface area contributed by atoms with E-state index in [1.165, 1.54) is 11.8 Å². The normalized spacial score (nSPS) is 15.6. The number of hydrogen-bond acceptors (Lipinski definition) is 5. The fourth-order valence-corrected chi connectivity index (χ4v) is 4.41. The van der Waals surface area contributed by atoms with Crippen molar-refractivity contribution < 1.29 is 9.53 Å². The van der Waals surface area contributed by atoms with Crippen molar-refractivity contribution in [3.05, 3.63) is 76.8 Å². The maximum atomic E-state index is 12.9. The van der Waals surface area contributed by atoms with E-state index < -0.39 is 0 Å². The number of nitrogens with zero attached hydrogens (tertiary/aromatic N) is 2. The van der Waals surface area contributed by atoms with E-state index in [1.807, 2.05) is 60.7 Å². The highest BCUT2D eigenvalue weighted by Crippen LogP contribution is 2.33. The second-order valence-electron chi connectivity index (χ2n) is 6.35. The number of pyridine rings is 1. The number of thiocarbonyl (C=S) groups is 1.